The van der Waals surface area contributed by atoms with Crippen LogP contribution in [0.3, 0.4) is 0 Å². The lowest BCUT2D eigenvalue weighted by Crippen LogP contribution is -2.42. The number of alkyl halides is 3. The molecule has 24 heavy (non-hydrogen) atoms. The Morgan fingerprint density at radius 3 is 2.50 bits per heavy atom. The Bertz CT molecular complexity index is 557. The highest BCUT2D eigenvalue weighted by molar-refractivity contribution is 7.09. The van der Waals surface area contributed by atoms with Crippen molar-refractivity contribution < 1.29 is 18.0 Å². The van der Waals surface area contributed by atoms with Gasteiger partial charge in [-0.1, -0.05) is 13.8 Å². The van der Waals surface area contributed by atoms with E-state index in [1.165, 1.54) is 0 Å². The number of thiazole rings is 1. The van der Waals surface area contributed by atoms with Crippen molar-refractivity contribution >= 4 is 23.2 Å². The van der Waals surface area contributed by atoms with Gasteiger partial charge in [-0.05, 0) is 6.92 Å². The summed E-state index contributed by atoms with van der Waals surface area (Å²) in [6, 6.07) is 0. The van der Waals surface area contributed by atoms with Crippen LogP contribution in [0.1, 0.15) is 31.5 Å². The molecule has 1 aromatic rings. The Hall–Kier alpha value is -1.84. The number of amides is 1. The SMILES string of the molecule is CCNC(=NCc1nc(C(F)(F)F)cs1)NCCNC(=O)C(C)C. The number of carbonyl (C=O) groups excluding carboxylic acids is 1. The van der Waals surface area contributed by atoms with Gasteiger partial charge in [0.25, 0.3) is 0 Å². The van der Waals surface area contributed by atoms with E-state index in [-0.39, 0.29) is 23.4 Å². The molecule has 1 rings (SSSR count). The van der Waals surface area contributed by atoms with E-state index in [0.29, 0.717) is 25.6 Å². The molecule has 6 nitrogen and oxygen atoms in total. The van der Waals surface area contributed by atoms with Gasteiger partial charge in [0.15, 0.2) is 11.7 Å². The maximum absolute atomic E-state index is 12.5. The van der Waals surface area contributed by atoms with E-state index in [0.717, 1.165) is 16.7 Å². The molecule has 0 atom stereocenters. The number of hydrogen-bond donors (Lipinski definition) is 3. The lowest BCUT2D eigenvalue weighted by molar-refractivity contribution is -0.140. The predicted molar refractivity (Wildman–Crippen MR) is 87.8 cm³/mol. The van der Waals surface area contributed by atoms with Crippen LogP contribution in [0.5, 0.6) is 0 Å². The monoisotopic (exact) mass is 365 g/mol. The van der Waals surface area contributed by atoms with Gasteiger partial charge in [0.2, 0.25) is 5.91 Å². The van der Waals surface area contributed by atoms with Crippen LogP contribution in [0, 0.1) is 5.92 Å². The molecule has 0 unspecified atom stereocenters. The first kappa shape index (κ1) is 20.2. The number of aliphatic imine (C=N–C) groups is 1. The Balaban J connectivity index is 2.50. The fourth-order valence-electron chi connectivity index (χ4n) is 1.57. The highest BCUT2D eigenvalue weighted by atomic mass is 32.1. The summed E-state index contributed by atoms with van der Waals surface area (Å²) in [5, 5.41) is 10.0. The second kappa shape index (κ2) is 9.45. The van der Waals surface area contributed by atoms with E-state index in [2.05, 4.69) is 25.9 Å². The zero-order chi connectivity index (χ0) is 18.2. The number of nitrogens with zero attached hydrogens (tertiary/aromatic N) is 2. The fourth-order valence-corrected chi connectivity index (χ4v) is 2.30. The molecule has 0 saturated heterocycles. The summed E-state index contributed by atoms with van der Waals surface area (Å²) in [5.41, 5.74) is -0.896. The quantitative estimate of drug-likeness (QED) is 0.392. The molecule has 0 aromatic carbocycles. The van der Waals surface area contributed by atoms with Crippen LogP contribution in [0.4, 0.5) is 13.2 Å². The summed E-state index contributed by atoms with van der Waals surface area (Å²) in [4.78, 5) is 19.1. The topological polar surface area (TPSA) is 78.4 Å². The van der Waals surface area contributed by atoms with Crippen molar-refractivity contribution in [3.63, 3.8) is 0 Å². The average molecular weight is 365 g/mol. The standard InChI is InChI=1S/C14H22F3N5OS/c1-4-18-13(20-6-5-19-12(23)9(2)3)21-7-11-22-10(8-24-11)14(15,16)17/h8-9H,4-7H2,1-3H3,(H,19,23)(H2,18,20,21). The van der Waals surface area contributed by atoms with Crippen LogP contribution in [0.15, 0.2) is 10.4 Å². The molecule has 136 valence electrons. The van der Waals surface area contributed by atoms with E-state index in [4.69, 9.17) is 0 Å². The molecular weight excluding hydrogens is 343 g/mol. The van der Waals surface area contributed by atoms with Gasteiger partial charge in [0.1, 0.15) is 5.01 Å². The number of rotatable bonds is 7. The summed E-state index contributed by atoms with van der Waals surface area (Å²) in [7, 11) is 0. The third kappa shape index (κ3) is 7.16. The van der Waals surface area contributed by atoms with E-state index in [1.54, 1.807) is 13.8 Å². The van der Waals surface area contributed by atoms with Crippen LogP contribution in [0.2, 0.25) is 0 Å². The number of halogens is 3. The molecule has 0 saturated carbocycles. The molecule has 3 N–H and O–H groups in total. The Labute approximate surface area is 143 Å². The second-order valence-corrected chi connectivity index (χ2v) is 6.13. The highest BCUT2D eigenvalue weighted by Gasteiger charge is 2.33. The van der Waals surface area contributed by atoms with Crippen molar-refractivity contribution in [3.8, 4) is 0 Å². The van der Waals surface area contributed by atoms with Gasteiger partial charge >= 0.3 is 6.18 Å². The van der Waals surface area contributed by atoms with Gasteiger partial charge in [-0.25, -0.2) is 9.98 Å². The van der Waals surface area contributed by atoms with Gasteiger partial charge < -0.3 is 16.0 Å². The molecule has 0 radical (unpaired) electrons. The number of nitrogens with one attached hydrogen (secondary N) is 3. The van der Waals surface area contributed by atoms with Crippen molar-refractivity contribution in [2.75, 3.05) is 19.6 Å². The van der Waals surface area contributed by atoms with Gasteiger partial charge in [0, 0.05) is 30.9 Å². The first-order valence-electron chi connectivity index (χ1n) is 7.55. The van der Waals surface area contributed by atoms with E-state index >= 15 is 0 Å². The minimum absolute atomic E-state index is 0.0406. The molecule has 0 bridgehead atoms. The van der Waals surface area contributed by atoms with Crippen LogP contribution < -0.4 is 16.0 Å². The summed E-state index contributed by atoms with van der Waals surface area (Å²) in [5.74, 6) is 0.334. The summed E-state index contributed by atoms with van der Waals surface area (Å²) < 4.78 is 37.5. The van der Waals surface area contributed by atoms with Gasteiger partial charge in [-0.15, -0.1) is 11.3 Å². The maximum Gasteiger partial charge on any atom is 0.434 e. The molecule has 10 heteroatoms. The lowest BCUT2D eigenvalue weighted by atomic mass is 10.2. The zero-order valence-electron chi connectivity index (χ0n) is 13.8. The Morgan fingerprint density at radius 1 is 1.29 bits per heavy atom. The number of carbonyl (C=O) groups is 1. The largest absolute Gasteiger partial charge is 0.434 e. The summed E-state index contributed by atoms with van der Waals surface area (Å²) in [6.07, 6.45) is -4.43. The number of guanidine groups is 1. The molecule has 1 aromatic heterocycles. The predicted octanol–water partition coefficient (Wildman–Crippen LogP) is 1.99. The maximum atomic E-state index is 12.5. The molecular formula is C14H22F3N5OS. The third-order valence-corrected chi connectivity index (χ3v) is 3.63. The third-order valence-electron chi connectivity index (χ3n) is 2.80. The average Bonchev–Trinajstić information content (AvgIpc) is 2.97. The molecule has 1 amide bonds. The minimum Gasteiger partial charge on any atom is -0.357 e. The number of hydrogen-bond acceptors (Lipinski definition) is 4. The normalized spacial score (nSPS) is 12.4. The Morgan fingerprint density at radius 2 is 1.96 bits per heavy atom. The second-order valence-electron chi connectivity index (χ2n) is 5.19. The highest BCUT2D eigenvalue weighted by Crippen LogP contribution is 2.30. The van der Waals surface area contributed by atoms with Gasteiger partial charge in [-0.3, -0.25) is 4.79 Å². The zero-order valence-corrected chi connectivity index (χ0v) is 14.6. The van der Waals surface area contributed by atoms with Gasteiger partial charge in [-0.2, -0.15) is 13.2 Å². The Kier molecular flexibility index (Phi) is 7.96. The van der Waals surface area contributed by atoms with Crippen molar-refractivity contribution in [2.45, 2.75) is 33.5 Å². The first-order chi connectivity index (χ1) is 11.2. The van der Waals surface area contributed by atoms with Crippen LogP contribution in [0.25, 0.3) is 0 Å². The fraction of sp³-hybridized carbons (Fsp3) is 0.643. The van der Waals surface area contributed by atoms with E-state index in [9.17, 15) is 18.0 Å². The molecule has 0 aliphatic heterocycles. The number of aromatic nitrogens is 1. The smallest absolute Gasteiger partial charge is 0.357 e. The lowest BCUT2D eigenvalue weighted by Gasteiger charge is -2.12. The molecule has 0 spiro atoms. The van der Waals surface area contributed by atoms with Crippen molar-refractivity contribution in [2.24, 2.45) is 10.9 Å². The molecule has 0 aliphatic rings. The van der Waals surface area contributed by atoms with Crippen molar-refractivity contribution in [1.82, 2.24) is 20.9 Å². The van der Waals surface area contributed by atoms with Crippen LogP contribution in [-0.2, 0) is 17.5 Å². The molecule has 0 fully saturated rings. The van der Waals surface area contributed by atoms with Crippen molar-refractivity contribution in [1.29, 1.82) is 0 Å². The minimum atomic E-state index is -4.43. The van der Waals surface area contributed by atoms with E-state index in [1.807, 2.05) is 6.92 Å². The summed E-state index contributed by atoms with van der Waals surface area (Å²) in [6.45, 7) is 7.02. The molecule has 1 heterocycles. The molecule has 0 aliphatic carbocycles. The van der Waals surface area contributed by atoms with Crippen LogP contribution >= 0.6 is 11.3 Å². The summed E-state index contributed by atoms with van der Waals surface area (Å²) >= 11 is 0.921. The van der Waals surface area contributed by atoms with E-state index < -0.39 is 11.9 Å². The van der Waals surface area contributed by atoms with Crippen molar-refractivity contribution in [3.05, 3.63) is 16.1 Å². The van der Waals surface area contributed by atoms with Gasteiger partial charge in [0.05, 0.1) is 6.54 Å². The van der Waals surface area contributed by atoms with Crippen LogP contribution in [-0.4, -0.2) is 36.5 Å². The first-order valence-corrected chi connectivity index (χ1v) is 8.43.